The number of rotatable bonds is 7. The second-order valence-corrected chi connectivity index (χ2v) is 14.4. The maximum absolute atomic E-state index is 6.44. The number of anilines is 3. The Hall–Kier alpha value is -7.69. The molecule has 0 amide bonds. The predicted molar refractivity (Wildman–Crippen MR) is 235 cm³/mol. The highest BCUT2D eigenvalue weighted by Gasteiger charge is 2.20. The zero-order chi connectivity index (χ0) is 37.7. The van der Waals surface area contributed by atoms with Crippen LogP contribution in [0.4, 0.5) is 17.1 Å². The van der Waals surface area contributed by atoms with Crippen molar-refractivity contribution in [1.82, 2.24) is 4.98 Å². The summed E-state index contributed by atoms with van der Waals surface area (Å²) in [5, 5.41) is 4.55. The van der Waals surface area contributed by atoms with E-state index in [2.05, 4.69) is 169 Å². The third-order valence-electron chi connectivity index (χ3n) is 10.9. The fourth-order valence-corrected chi connectivity index (χ4v) is 8.11. The fraction of sp³-hybridized carbons (Fsp3) is 0. The Labute approximate surface area is 329 Å². The van der Waals surface area contributed by atoms with Crippen molar-refractivity contribution in [1.29, 1.82) is 0 Å². The van der Waals surface area contributed by atoms with Gasteiger partial charge in [0, 0.05) is 39.3 Å². The van der Waals surface area contributed by atoms with E-state index in [1.165, 1.54) is 21.9 Å². The Morgan fingerprint density at radius 2 is 0.982 bits per heavy atom. The lowest BCUT2D eigenvalue weighted by atomic mass is 9.98. The van der Waals surface area contributed by atoms with Gasteiger partial charge < -0.3 is 13.7 Å². The lowest BCUT2D eigenvalue weighted by Gasteiger charge is -2.28. The second kappa shape index (κ2) is 13.6. The summed E-state index contributed by atoms with van der Waals surface area (Å²) in [6.45, 7) is 0. The van der Waals surface area contributed by atoms with E-state index in [9.17, 15) is 0 Å². The van der Waals surface area contributed by atoms with Gasteiger partial charge in [0.15, 0.2) is 5.58 Å². The number of hydrogen-bond acceptors (Lipinski definition) is 4. The molecule has 0 saturated carbocycles. The van der Waals surface area contributed by atoms with Crippen molar-refractivity contribution >= 4 is 60.9 Å². The van der Waals surface area contributed by atoms with Crippen LogP contribution in [-0.2, 0) is 0 Å². The van der Waals surface area contributed by atoms with Gasteiger partial charge in [-0.25, -0.2) is 4.98 Å². The van der Waals surface area contributed by atoms with Gasteiger partial charge in [0.05, 0.1) is 5.69 Å². The molecule has 0 aliphatic carbocycles. The monoisotopic (exact) mass is 730 g/mol. The first-order valence-corrected chi connectivity index (χ1v) is 19.2. The first-order valence-electron chi connectivity index (χ1n) is 19.2. The summed E-state index contributed by atoms with van der Waals surface area (Å²) in [6, 6.07) is 72.5. The zero-order valence-electron chi connectivity index (χ0n) is 30.8. The van der Waals surface area contributed by atoms with E-state index < -0.39 is 0 Å². The van der Waals surface area contributed by atoms with Gasteiger partial charge in [0.2, 0.25) is 5.89 Å². The summed E-state index contributed by atoms with van der Waals surface area (Å²) in [7, 11) is 0. The van der Waals surface area contributed by atoms with E-state index in [4.69, 9.17) is 13.8 Å². The maximum atomic E-state index is 6.44. The molecule has 11 rings (SSSR count). The first kappa shape index (κ1) is 32.7. The molecule has 9 aromatic carbocycles. The number of para-hydroxylation sites is 1. The second-order valence-electron chi connectivity index (χ2n) is 14.4. The molecule has 4 nitrogen and oxygen atoms in total. The number of aromatic nitrogens is 1. The summed E-state index contributed by atoms with van der Waals surface area (Å²) in [4.78, 5) is 7.22. The van der Waals surface area contributed by atoms with Crippen molar-refractivity contribution in [2.24, 2.45) is 0 Å². The summed E-state index contributed by atoms with van der Waals surface area (Å²) >= 11 is 0. The first-order chi connectivity index (χ1) is 28.2. The molecule has 0 N–H and O–H groups in total. The number of furan rings is 1. The summed E-state index contributed by atoms with van der Waals surface area (Å²) in [6.07, 6.45) is 0. The Kier molecular flexibility index (Phi) is 7.78. The molecule has 0 spiro atoms. The normalized spacial score (nSPS) is 11.5. The van der Waals surface area contributed by atoms with Crippen molar-refractivity contribution in [3.63, 3.8) is 0 Å². The number of nitrogens with zero attached hydrogens (tertiary/aromatic N) is 2. The standard InChI is InChI=1S/C53H34N2O2/c1-3-13-37(14-4-1)44-18-9-10-20-48(44)55(42-28-24-36(25-29-42)41-23-22-35-12-7-8-17-40(35)32-41)43-30-26-38(27-31-43)45-19-11-21-49-52(45)46-33-47-51(34-50(46)56-49)57-53(54-47)39-15-5-2-6-16-39/h1-34H. The van der Waals surface area contributed by atoms with Crippen molar-refractivity contribution in [3.8, 4) is 44.8 Å². The van der Waals surface area contributed by atoms with Gasteiger partial charge in [-0.2, -0.15) is 0 Å². The van der Waals surface area contributed by atoms with Crippen LogP contribution in [0.3, 0.4) is 0 Å². The van der Waals surface area contributed by atoms with Gasteiger partial charge in [0.1, 0.15) is 16.7 Å². The zero-order valence-corrected chi connectivity index (χ0v) is 30.8. The summed E-state index contributed by atoms with van der Waals surface area (Å²) in [5.74, 6) is 0.597. The Bertz CT molecular complexity index is 3220. The molecule has 0 unspecified atom stereocenters. The Morgan fingerprint density at radius 3 is 1.75 bits per heavy atom. The van der Waals surface area contributed by atoms with Gasteiger partial charge in [-0.15, -0.1) is 0 Å². The van der Waals surface area contributed by atoms with E-state index in [-0.39, 0.29) is 0 Å². The van der Waals surface area contributed by atoms with Gasteiger partial charge in [-0.1, -0.05) is 140 Å². The van der Waals surface area contributed by atoms with Crippen LogP contribution in [0.25, 0.3) is 88.6 Å². The molecule has 2 aromatic heterocycles. The van der Waals surface area contributed by atoms with Crippen LogP contribution in [-0.4, -0.2) is 4.98 Å². The number of oxazole rings is 1. The molecule has 2 heterocycles. The van der Waals surface area contributed by atoms with E-state index in [1.54, 1.807) is 0 Å². The largest absolute Gasteiger partial charge is 0.456 e. The molecule has 11 aromatic rings. The highest BCUT2D eigenvalue weighted by molar-refractivity contribution is 6.15. The molecular weight excluding hydrogens is 697 g/mol. The van der Waals surface area contributed by atoms with E-state index in [0.29, 0.717) is 11.5 Å². The van der Waals surface area contributed by atoms with Gasteiger partial charge in [0.25, 0.3) is 0 Å². The molecule has 0 atom stereocenters. The van der Waals surface area contributed by atoms with Crippen molar-refractivity contribution in [2.45, 2.75) is 0 Å². The SMILES string of the molecule is c1ccc(-c2nc3cc4c(cc3o2)oc2cccc(-c3ccc(N(c5ccc(-c6ccc7ccccc7c6)cc5)c5ccccc5-c5ccccc5)cc3)c24)cc1. The lowest BCUT2D eigenvalue weighted by Crippen LogP contribution is -2.11. The highest BCUT2D eigenvalue weighted by atomic mass is 16.4. The van der Waals surface area contributed by atoms with E-state index >= 15 is 0 Å². The third kappa shape index (κ3) is 5.83. The quantitative estimate of drug-likeness (QED) is 0.164. The predicted octanol–water partition coefficient (Wildman–Crippen LogP) is 15.0. The van der Waals surface area contributed by atoms with Crippen LogP contribution in [0.2, 0.25) is 0 Å². The molecule has 0 radical (unpaired) electrons. The van der Waals surface area contributed by atoms with Crippen LogP contribution in [0.15, 0.2) is 215 Å². The van der Waals surface area contributed by atoms with E-state index in [0.717, 1.165) is 72.3 Å². The minimum atomic E-state index is 0.597. The van der Waals surface area contributed by atoms with Crippen LogP contribution in [0.1, 0.15) is 0 Å². The molecule has 57 heavy (non-hydrogen) atoms. The molecule has 0 bridgehead atoms. The van der Waals surface area contributed by atoms with Crippen LogP contribution < -0.4 is 4.90 Å². The smallest absolute Gasteiger partial charge is 0.227 e. The molecule has 0 aliphatic heterocycles. The number of fused-ring (bicyclic) bond motifs is 5. The lowest BCUT2D eigenvalue weighted by molar-refractivity contribution is 0.617. The summed E-state index contributed by atoms with van der Waals surface area (Å²) in [5.41, 5.74) is 14.2. The summed E-state index contributed by atoms with van der Waals surface area (Å²) < 4.78 is 12.6. The molecule has 0 saturated heterocycles. The Morgan fingerprint density at radius 1 is 0.368 bits per heavy atom. The van der Waals surface area contributed by atoms with Crippen molar-refractivity contribution < 1.29 is 8.83 Å². The van der Waals surface area contributed by atoms with Crippen molar-refractivity contribution in [2.75, 3.05) is 4.90 Å². The average molecular weight is 731 g/mol. The van der Waals surface area contributed by atoms with Gasteiger partial charge in [-0.05, 0) is 99.3 Å². The van der Waals surface area contributed by atoms with Gasteiger partial charge in [-0.3, -0.25) is 0 Å². The Balaban J connectivity index is 1.01. The minimum Gasteiger partial charge on any atom is -0.456 e. The molecule has 268 valence electrons. The van der Waals surface area contributed by atoms with Crippen LogP contribution in [0, 0.1) is 0 Å². The topological polar surface area (TPSA) is 42.4 Å². The minimum absolute atomic E-state index is 0.597. The third-order valence-corrected chi connectivity index (χ3v) is 10.9. The average Bonchev–Trinajstić information content (AvgIpc) is 3.87. The molecule has 0 aliphatic rings. The number of benzene rings is 9. The van der Waals surface area contributed by atoms with Gasteiger partial charge >= 0.3 is 0 Å². The number of hydrogen-bond donors (Lipinski definition) is 0. The van der Waals surface area contributed by atoms with E-state index in [1.807, 2.05) is 42.5 Å². The van der Waals surface area contributed by atoms with Crippen LogP contribution in [0.5, 0.6) is 0 Å². The molecular formula is C53H34N2O2. The molecule has 0 fully saturated rings. The van der Waals surface area contributed by atoms with Crippen molar-refractivity contribution in [3.05, 3.63) is 206 Å². The highest BCUT2D eigenvalue weighted by Crippen LogP contribution is 2.43. The fourth-order valence-electron chi connectivity index (χ4n) is 8.11. The van der Waals surface area contributed by atoms with Crippen LogP contribution >= 0.6 is 0 Å². The maximum Gasteiger partial charge on any atom is 0.227 e. The molecule has 4 heteroatoms.